The van der Waals surface area contributed by atoms with Crippen molar-refractivity contribution in [1.29, 1.82) is 0 Å². The van der Waals surface area contributed by atoms with Gasteiger partial charge in [-0.1, -0.05) is 6.07 Å². The minimum absolute atomic E-state index is 0.0110. The molecule has 11 heteroatoms. The second kappa shape index (κ2) is 7.18. The molecule has 0 aliphatic carbocycles. The number of carbonyl (C=O) groups is 1. The van der Waals surface area contributed by atoms with Crippen LogP contribution in [0.2, 0.25) is 0 Å². The highest BCUT2D eigenvalue weighted by Gasteiger charge is 2.71. The summed E-state index contributed by atoms with van der Waals surface area (Å²) in [6.45, 7) is 1.84. The zero-order valence-electron chi connectivity index (χ0n) is 13.4. The zero-order chi connectivity index (χ0) is 19.8. The number of hydrogen-bond acceptors (Lipinski definition) is 5. The number of thioether (sulfide) groups is 1. The van der Waals surface area contributed by atoms with Crippen molar-refractivity contribution in [3.05, 3.63) is 23.8 Å². The van der Waals surface area contributed by atoms with Crippen LogP contribution in [0.3, 0.4) is 0 Å². The van der Waals surface area contributed by atoms with Gasteiger partial charge in [0.15, 0.2) is 0 Å². The molecule has 1 aromatic rings. The van der Waals surface area contributed by atoms with E-state index in [1.807, 2.05) is 0 Å². The topological polar surface area (TPSA) is 58.6 Å². The maximum absolute atomic E-state index is 13.0. The molecule has 1 aliphatic heterocycles. The van der Waals surface area contributed by atoms with Crippen LogP contribution in [0.1, 0.15) is 18.9 Å². The summed E-state index contributed by atoms with van der Waals surface area (Å²) in [4.78, 5) is 11.6. The van der Waals surface area contributed by atoms with Gasteiger partial charge in [-0.15, -0.1) is 11.8 Å². The van der Waals surface area contributed by atoms with Crippen molar-refractivity contribution in [3.8, 4) is 0 Å². The van der Waals surface area contributed by atoms with Gasteiger partial charge in [0, 0.05) is 27.9 Å². The molecule has 0 bridgehead atoms. The number of carbonyl (C=O) groups excluding carboxylic acids is 1. The Kier molecular flexibility index (Phi) is 5.71. The van der Waals surface area contributed by atoms with Crippen LogP contribution < -0.4 is 5.32 Å². The number of fused-ring (bicyclic) bond motifs is 1. The Morgan fingerprint density at radius 3 is 2.42 bits per heavy atom. The Balaban J connectivity index is 2.29. The summed E-state index contributed by atoms with van der Waals surface area (Å²) in [7, 11) is 0. The van der Waals surface area contributed by atoms with Crippen LogP contribution in [-0.4, -0.2) is 41.8 Å². The first-order valence-electron chi connectivity index (χ1n) is 7.45. The lowest BCUT2D eigenvalue weighted by molar-refractivity contribution is -0.376. The van der Waals surface area contributed by atoms with E-state index in [0.717, 1.165) is 17.8 Å². The summed E-state index contributed by atoms with van der Waals surface area (Å²) >= 11 is 0.992. The molecule has 1 aromatic carbocycles. The number of anilines is 1. The number of aliphatic hydroxyl groups is 1. The molecule has 0 saturated carbocycles. The van der Waals surface area contributed by atoms with Gasteiger partial charge in [0.2, 0.25) is 0 Å². The molecular weight excluding hydrogens is 388 g/mol. The van der Waals surface area contributed by atoms with Crippen molar-refractivity contribution in [2.24, 2.45) is 0 Å². The standard InChI is InChI=1S/C15H15F6NO3S/c1-2-25-12(23)6-9-7-26-11-5-8(3-4-10(11)22-9)13(24,14(16,17)18)15(19,20)21/h3-5,9,22,24H,2,6-7H2,1H3. The minimum atomic E-state index is -5.93. The summed E-state index contributed by atoms with van der Waals surface area (Å²) in [5.41, 5.74) is -5.99. The summed E-state index contributed by atoms with van der Waals surface area (Å²) < 4.78 is 82.5. The molecule has 2 rings (SSSR count). The second-order valence-corrected chi connectivity index (χ2v) is 6.64. The lowest BCUT2D eigenvalue weighted by Crippen LogP contribution is -2.54. The van der Waals surface area contributed by atoms with Gasteiger partial charge in [0.25, 0.3) is 5.60 Å². The normalized spacial score (nSPS) is 18.1. The van der Waals surface area contributed by atoms with Crippen LogP contribution in [0, 0.1) is 0 Å². The summed E-state index contributed by atoms with van der Waals surface area (Å²) in [6, 6.07) is 1.88. The SMILES string of the molecule is CCOC(=O)CC1CSc2cc(C(O)(C(F)(F)F)C(F)(F)F)ccc2N1. The fourth-order valence-electron chi connectivity index (χ4n) is 2.46. The number of rotatable bonds is 4. The molecule has 26 heavy (non-hydrogen) atoms. The van der Waals surface area contributed by atoms with E-state index in [2.05, 4.69) is 5.32 Å². The van der Waals surface area contributed by atoms with E-state index in [9.17, 15) is 36.2 Å². The van der Waals surface area contributed by atoms with Crippen molar-refractivity contribution >= 4 is 23.4 Å². The maximum atomic E-state index is 13.0. The van der Waals surface area contributed by atoms with Gasteiger partial charge in [0.05, 0.1) is 13.0 Å². The van der Waals surface area contributed by atoms with E-state index in [0.29, 0.717) is 12.1 Å². The monoisotopic (exact) mass is 403 g/mol. The second-order valence-electron chi connectivity index (χ2n) is 5.58. The average Bonchev–Trinajstić information content (AvgIpc) is 2.51. The molecule has 1 aliphatic rings. The highest BCUT2D eigenvalue weighted by Crippen LogP contribution is 2.51. The molecule has 0 aromatic heterocycles. The molecule has 0 spiro atoms. The molecule has 0 saturated heterocycles. The summed E-state index contributed by atoms with van der Waals surface area (Å²) in [6.07, 6.45) is -11.9. The van der Waals surface area contributed by atoms with Crippen LogP contribution >= 0.6 is 11.8 Å². The zero-order valence-corrected chi connectivity index (χ0v) is 14.2. The van der Waals surface area contributed by atoms with Gasteiger partial charge in [-0.25, -0.2) is 0 Å². The lowest BCUT2D eigenvalue weighted by Gasteiger charge is -2.34. The van der Waals surface area contributed by atoms with E-state index in [-0.39, 0.29) is 35.4 Å². The van der Waals surface area contributed by atoms with Crippen LogP contribution in [0.15, 0.2) is 23.1 Å². The van der Waals surface area contributed by atoms with Gasteiger partial charge in [-0.2, -0.15) is 26.3 Å². The van der Waals surface area contributed by atoms with Crippen molar-refractivity contribution in [2.75, 3.05) is 17.7 Å². The molecule has 1 unspecified atom stereocenters. The highest BCUT2D eigenvalue weighted by atomic mass is 32.2. The average molecular weight is 403 g/mol. The van der Waals surface area contributed by atoms with Crippen molar-refractivity contribution < 1.29 is 41.0 Å². The fourth-order valence-corrected chi connectivity index (χ4v) is 3.53. The molecule has 2 N–H and O–H groups in total. The smallest absolute Gasteiger partial charge is 0.430 e. The van der Waals surface area contributed by atoms with Gasteiger partial charge in [-0.05, 0) is 19.1 Å². The molecule has 0 amide bonds. The summed E-state index contributed by atoms with van der Waals surface area (Å²) in [5, 5.41) is 12.3. The third-order valence-electron chi connectivity index (χ3n) is 3.74. The molecule has 4 nitrogen and oxygen atoms in total. The highest BCUT2D eigenvalue weighted by molar-refractivity contribution is 7.99. The van der Waals surface area contributed by atoms with Crippen molar-refractivity contribution in [3.63, 3.8) is 0 Å². The van der Waals surface area contributed by atoms with Crippen LogP contribution in [0.25, 0.3) is 0 Å². The van der Waals surface area contributed by atoms with Gasteiger partial charge in [-0.3, -0.25) is 4.79 Å². The van der Waals surface area contributed by atoms with E-state index >= 15 is 0 Å². The first-order chi connectivity index (χ1) is 11.9. The Morgan fingerprint density at radius 2 is 1.88 bits per heavy atom. The van der Waals surface area contributed by atoms with E-state index in [1.54, 1.807) is 6.92 Å². The maximum Gasteiger partial charge on any atom is 0.430 e. The molecular formula is C15H15F6NO3S. The number of benzene rings is 1. The predicted molar refractivity (Wildman–Crippen MR) is 81.8 cm³/mol. The van der Waals surface area contributed by atoms with E-state index < -0.39 is 29.5 Å². The Labute approximate surface area is 148 Å². The summed E-state index contributed by atoms with van der Waals surface area (Å²) in [5.74, 6) is -0.222. The number of esters is 1. The van der Waals surface area contributed by atoms with Gasteiger partial charge < -0.3 is 15.2 Å². The van der Waals surface area contributed by atoms with Crippen molar-refractivity contribution in [1.82, 2.24) is 0 Å². The lowest BCUT2D eigenvalue weighted by atomic mass is 9.92. The minimum Gasteiger partial charge on any atom is -0.466 e. The number of ether oxygens (including phenoxy) is 1. The number of hydrogen-bond donors (Lipinski definition) is 2. The Bertz CT molecular complexity index is 662. The molecule has 0 radical (unpaired) electrons. The van der Waals surface area contributed by atoms with Crippen LogP contribution in [0.4, 0.5) is 32.0 Å². The molecule has 1 heterocycles. The number of alkyl halides is 6. The third-order valence-corrected chi connectivity index (χ3v) is 4.96. The van der Waals surface area contributed by atoms with Crippen LogP contribution in [-0.2, 0) is 15.1 Å². The van der Waals surface area contributed by atoms with Crippen LogP contribution in [0.5, 0.6) is 0 Å². The molecule has 146 valence electrons. The molecule has 0 fully saturated rings. The molecule has 1 atom stereocenters. The third kappa shape index (κ3) is 3.88. The van der Waals surface area contributed by atoms with Gasteiger partial charge in [0.1, 0.15) is 0 Å². The first kappa shape index (κ1) is 20.7. The van der Waals surface area contributed by atoms with E-state index in [4.69, 9.17) is 4.74 Å². The van der Waals surface area contributed by atoms with Crippen molar-refractivity contribution in [2.45, 2.75) is 42.2 Å². The quantitative estimate of drug-likeness (QED) is 0.591. The Morgan fingerprint density at radius 1 is 1.27 bits per heavy atom. The number of halogens is 6. The Hall–Kier alpha value is -1.62. The van der Waals surface area contributed by atoms with Gasteiger partial charge >= 0.3 is 18.3 Å². The largest absolute Gasteiger partial charge is 0.466 e. The van der Waals surface area contributed by atoms with E-state index in [1.165, 1.54) is 0 Å². The number of nitrogens with one attached hydrogen (secondary N) is 1. The predicted octanol–water partition coefficient (Wildman–Crippen LogP) is 3.84. The fraction of sp³-hybridized carbons (Fsp3) is 0.533. The first-order valence-corrected chi connectivity index (χ1v) is 8.44.